The monoisotopic (exact) mass is 256 g/mol. The van der Waals surface area contributed by atoms with Gasteiger partial charge in [-0.1, -0.05) is 57.7 Å². The van der Waals surface area contributed by atoms with Gasteiger partial charge in [0.15, 0.2) is 5.17 Å². The third kappa shape index (κ3) is 6.35. The van der Waals surface area contributed by atoms with Crippen LogP contribution in [-0.2, 0) is 0 Å². The zero-order valence-electron chi connectivity index (χ0n) is 11.7. The van der Waals surface area contributed by atoms with Gasteiger partial charge in [0.25, 0.3) is 0 Å². The SMILES string of the molecule is CCCCCCCCN=C1NC(C)C(C)CS1. The van der Waals surface area contributed by atoms with Gasteiger partial charge in [-0.15, -0.1) is 0 Å². The molecule has 17 heavy (non-hydrogen) atoms. The van der Waals surface area contributed by atoms with Crippen LogP contribution in [0.15, 0.2) is 4.99 Å². The van der Waals surface area contributed by atoms with Gasteiger partial charge in [-0.25, -0.2) is 0 Å². The van der Waals surface area contributed by atoms with E-state index in [9.17, 15) is 0 Å². The van der Waals surface area contributed by atoms with E-state index in [0.29, 0.717) is 6.04 Å². The first kappa shape index (κ1) is 14.9. The summed E-state index contributed by atoms with van der Waals surface area (Å²) in [5, 5.41) is 4.66. The molecule has 1 aliphatic rings. The molecule has 1 aliphatic heterocycles. The van der Waals surface area contributed by atoms with Crippen LogP contribution in [0.25, 0.3) is 0 Å². The van der Waals surface area contributed by atoms with Crippen LogP contribution in [0.3, 0.4) is 0 Å². The fourth-order valence-corrected chi connectivity index (χ4v) is 3.06. The average molecular weight is 256 g/mol. The van der Waals surface area contributed by atoms with Crippen LogP contribution < -0.4 is 5.32 Å². The highest BCUT2D eigenvalue weighted by atomic mass is 32.2. The molecule has 0 spiro atoms. The van der Waals surface area contributed by atoms with Crippen molar-refractivity contribution in [3.05, 3.63) is 0 Å². The number of nitrogens with one attached hydrogen (secondary N) is 1. The smallest absolute Gasteiger partial charge is 0.156 e. The fourth-order valence-electron chi connectivity index (χ4n) is 1.90. The minimum Gasteiger partial charge on any atom is -0.362 e. The summed E-state index contributed by atoms with van der Waals surface area (Å²) in [6.07, 6.45) is 8.09. The van der Waals surface area contributed by atoms with Gasteiger partial charge in [-0.05, 0) is 19.3 Å². The van der Waals surface area contributed by atoms with Crippen molar-refractivity contribution in [2.24, 2.45) is 10.9 Å². The van der Waals surface area contributed by atoms with E-state index in [1.165, 1.54) is 49.4 Å². The molecule has 0 saturated carbocycles. The minimum absolute atomic E-state index is 0.583. The van der Waals surface area contributed by atoms with Crippen LogP contribution in [0.2, 0.25) is 0 Å². The van der Waals surface area contributed by atoms with E-state index in [-0.39, 0.29) is 0 Å². The molecule has 3 heteroatoms. The molecule has 1 heterocycles. The lowest BCUT2D eigenvalue weighted by atomic mass is 10.1. The Kier molecular flexibility index (Phi) is 7.74. The van der Waals surface area contributed by atoms with Crippen molar-refractivity contribution < 1.29 is 0 Å². The maximum atomic E-state index is 4.65. The second-order valence-electron chi connectivity index (χ2n) is 5.18. The van der Waals surface area contributed by atoms with Gasteiger partial charge in [0.2, 0.25) is 0 Å². The van der Waals surface area contributed by atoms with E-state index in [4.69, 9.17) is 0 Å². The van der Waals surface area contributed by atoms with Crippen LogP contribution in [0.1, 0.15) is 59.3 Å². The van der Waals surface area contributed by atoms with E-state index in [1.54, 1.807) is 0 Å². The Labute approximate surface area is 111 Å². The van der Waals surface area contributed by atoms with E-state index >= 15 is 0 Å². The Morgan fingerprint density at radius 3 is 2.59 bits per heavy atom. The lowest BCUT2D eigenvalue weighted by Crippen LogP contribution is -2.41. The maximum absolute atomic E-state index is 4.65. The van der Waals surface area contributed by atoms with E-state index in [1.807, 2.05) is 11.8 Å². The number of hydrogen-bond donors (Lipinski definition) is 1. The zero-order valence-corrected chi connectivity index (χ0v) is 12.5. The predicted molar refractivity (Wildman–Crippen MR) is 79.9 cm³/mol. The fraction of sp³-hybridized carbons (Fsp3) is 0.929. The summed E-state index contributed by atoms with van der Waals surface area (Å²) in [6, 6.07) is 0.583. The summed E-state index contributed by atoms with van der Waals surface area (Å²) in [7, 11) is 0. The van der Waals surface area contributed by atoms with Crippen LogP contribution in [0.5, 0.6) is 0 Å². The molecule has 100 valence electrons. The van der Waals surface area contributed by atoms with Gasteiger partial charge in [-0.2, -0.15) is 0 Å². The molecule has 2 atom stereocenters. The van der Waals surface area contributed by atoms with Crippen molar-refractivity contribution in [2.75, 3.05) is 12.3 Å². The molecule has 0 radical (unpaired) electrons. The minimum atomic E-state index is 0.583. The van der Waals surface area contributed by atoms with Crippen LogP contribution >= 0.6 is 11.8 Å². The van der Waals surface area contributed by atoms with Crippen molar-refractivity contribution in [2.45, 2.75) is 65.3 Å². The molecule has 1 saturated heterocycles. The van der Waals surface area contributed by atoms with Crippen molar-refractivity contribution in [1.82, 2.24) is 5.32 Å². The van der Waals surface area contributed by atoms with Crippen molar-refractivity contribution in [1.29, 1.82) is 0 Å². The molecule has 1 fully saturated rings. The van der Waals surface area contributed by atoms with Crippen LogP contribution in [-0.4, -0.2) is 23.5 Å². The van der Waals surface area contributed by atoms with Gasteiger partial charge >= 0.3 is 0 Å². The lowest BCUT2D eigenvalue weighted by molar-refractivity contribution is 0.489. The second kappa shape index (κ2) is 8.84. The molecular weight excluding hydrogens is 228 g/mol. The molecule has 0 aliphatic carbocycles. The quantitative estimate of drug-likeness (QED) is 0.695. The van der Waals surface area contributed by atoms with Crippen LogP contribution in [0.4, 0.5) is 0 Å². The van der Waals surface area contributed by atoms with Gasteiger partial charge in [0.05, 0.1) is 0 Å². The number of amidine groups is 1. The Morgan fingerprint density at radius 1 is 1.18 bits per heavy atom. The summed E-state index contributed by atoms with van der Waals surface area (Å²) in [4.78, 5) is 4.65. The summed E-state index contributed by atoms with van der Waals surface area (Å²) in [5.74, 6) is 1.97. The van der Waals surface area contributed by atoms with Crippen molar-refractivity contribution in [3.8, 4) is 0 Å². The third-order valence-corrected chi connectivity index (χ3v) is 4.67. The summed E-state index contributed by atoms with van der Waals surface area (Å²) in [6.45, 7) is 7.82. The summed E-state index contributed by atoms with van der Waals surface area (Å²) >= 11 is 1.89. The first-order chi connectivity index (χ1) is 8.24. The number of unbranched alkanes of at least 4 members (excludes halogenated alkanes) is 5. The summed E-state index contributed by atoms with van der Waals surface area (Å²) in [5.41, 5.74) is 0. The molecule has 0 bridgehead atoms. The first-order valence-corrected chi connectivity index (χ1v) is 8.16. The highest BCUT2D eigenvalue weighted by Crippen LogP contribution is 2.19. The Balaban J connectivity index is 2.04. The van der Waals surface area contributed by atoms with Crippen LogP contribution in [0, 0.1) is 5.92 Å². The largest absolute Gasteiger partial charge is 0.362 e. The number of aliphatic imine (C=N–C) groups is 1. The Bertz CT molecular complexity index is 228. The maximum Gasteiger partial charge on any atom is 0.156 e. The third-order valence-electron chi connectivity index (χ3n) is 3.45. The topological polar surface area (TPSA) is 24.4 Å². The van der Waals surface area contributed by atoms with Crippen molar-refractivity contribution in [3.63, 3.8) is 0 Å². The van der Waals surface area contributed by atoms with E-state index in [0.717, 1.165) is 12.5 Å². The van der Waals surface area contributed by atoms with Crippen molar-refractivity contribution >= 4 is 16.9 Å². The number of hydrogen-bond acceptors (Lipinski definition) is 2. The highest BCUT2D eigenvalue weighted by molar-refractivity contribution is 8.13. The average Bonchev–Trinajstić information content (AvgIpc) is 2.32. The lowest BCUT2D eigenvalue weighted by Gasteiger charge is -2.28. The Hall–Kier alpha value is -0.180. The molecule has 0 aromatic heterocycles. The molecule has 0 aromatic carbocycles. The molecule has 2 unspecified atom stereocenters. The molecule has 0 amide bonds. The highest BCUT2D eigenvalue weighted by Gasteiger charge is 2.20. The molecular formula is C14H28N2S. The number of nitrogens with zero attached hydrogens (tertiary/aromatic N) is 1. The predicted octanol–water partition coefficient (Wildman–Crippen LogP) is 4.06. The summed E-state index contributed by atoms with van der Waals surface area (Å²) < 4.78 is 0. The standard InChI is InChI=1S/C14H28N2S/c1-4-5-6-7-8-9-10-15-14-16-13(3)12(2)11-17-14/h12-13H,4-11H2,1-3H3,(H,15,16). The number of rotatable bonds is 7. The van der Waals surface area contributed by atoms with Gasteiger partial charge in [0.1, 0.15) is 0 Å². The van der Waals surface area contributed by atoms with Gasteiger partial charge in [-0.3, -0.25) is 4.99 Å². The second-order valence-corrected chi connectivity index (χ2v) is 6.18. The number of thioether (sulfide) groups is 1. The zero-order chi connectivity index (χ0) is 12.5. The molecule has 0 aromatic rings. The first-order valence-electron chi connectivity index (χ1n) is 7.17. The molecule has 1 N–H and O–H groups in total. The Morgan fingerprint density at radius 2 is 1.88 bits per heavy atom. The van der Waals surface area contributed by atoms with E-state index < -0.39 is 0 Å². The normalized spacial score (nSPS) is 27.1. The molecule has 1 rings (SSSR count). The van der Waals surface area contributed by atoms with E-state index in [2.05, 4.69) is 31.1 Å². The van der Waals surface area contributed by atoms with Gasteiger partial charge in [0, 0.05) is 18.3 Å². The molecule has 2 nitrogen and oxygen atoms in total. The van der Waals surface area contributed by atoms with Gasteiger partial charge < -0.3 is 5.32 Å².